The summed E-state index contributed by atoms with van der Waals surface area (Å²) in [6.45, 7) is 1.33. The minimum Gasteiger partial charge on any atom is -0.385 e. The molecule has 2 N–H and O–H groups in total. The van der Waals surface area contributed by atoms with Gasteiger partial charge < -0.3 is 15.2 Å². The molecule has 110 valence electrons. The summed E-state index contributed by atoms with van der Waals surface area (Å²) in [6.07, 6.45) is 3.22. The second-order valence-corrected chi connectivity index (χ2v) is 6.81. The lowest BCUT2D eigenvalue weighted by Gasteiger charge is -2.45. The number of nitrogens with zero attached hydrogens (tertiary/aromatic N) is 1. The number of fused-ring (bicyclic) bond motifs is 2. The molecule has 21 heavy (non-hydrogen) atoms. The van der Waals surface area contributed by atoms with Gasteiger partial charge in [-0.3, -0.25) is 0 Å². The van der Waals surface area contributed by atoms with Crippen LogP contribution in [0.1, 0.15) is 36.8 Å². The van der Waals surface area contributed by atoms with Gasteiger partial charge in [-0.05, 0) is 36.8 Å². The van der Waals surface area contributed by atoms with Crippen molar-refractivity contribution in [2.75, 3.05) is 13.2 Å². The van der Waals surface area contributed by atoms with Gasteiger partial charge in [0.05, 0.1) is 30.3 Å². The molecule has 0 radical (unpaired) electrons. The van der Waals surface area contributed by atoms with E-state index in [9.17, 15) is 10.4 Å². The van der Waals surface area contributed by atoms with E-state index in [1.54, 1.807) is 0 Å². The molecule has 2 aliphatic heterocycles. The summed E-state index contributed by atoms with van der Waals surface area (Å²) >= 11 is 0. The first-order valence-corrected chi connectivity index (χ1v) is 7.72. The monoisotopic (exact) mass is 284 g/mol. The Morgan fingerprint density at radius 1 is 1.19 bits per heavy atom. The fourth-order valence-corrected chi connectivity index (χ4v) is 3.85. The normalized spacial score (nSPS) is 36.8. The van der Waals surface area contributed by atoms with Crippen LogP contribution in [0, 0.1) is 11.3 Å². The number of hydrogen-bond acceptors (Lipinski definition) is 4. The summed E-state index contributed by atoms with van der Waals surface area (Å²) in [5.74, 6) is 0. The van der Waals surface area contributed by atoms with Gasteiger partial charge in [0.1, 0.15) is 0 Å². The van der Waals surface area contributed by atoms with Crippen LogP contribution < -0.4 is 5.32 Å². The Morgan fingerprint density at radius 2 is 1.86 bits per heavy atom. The zero-order valence-electron chi connectivity index (χ0n) is 12.0. The Kier molecular flexibility index (Phi) is 2.87. The first-order chi connectivity index (χ1) is 10.1. The van der Waals surface area contributed by atoms with Crippen molar-refractivity contribution in [3.05, 3.63) is 35.4 Å². The van der Waals surface area contributed by atoms with E-state index in [-0.39, 0.29) is 17.5 Å². The summed E-state index contributed by atoms with van der Waals surface area (Å²) in [7, 11) is 0. The number of benzene rings is 1. The molecule has 2 bridgehead atoms. The first kappa shape index (κ1) is 13.3. The van der Waals surface area contributed by atoms with Crippen molar-refractivity contribution in [2.24, 2.45) is 0 Å². The van der Waals surface area contributed by atoms with Crippen LogP contribution in [0.15, 0.2) is 24.3 Å². The third-order valence-corrected chi connectivity index (χ3v) is 5.19. The molecule has 3 fully saturated rings. The highest BCUT2D eigenvalue weighted by Crippen LogP contribution is 2.48. The molecule has 4 heteroatoms. The van der Waals surface area contributed by atoms with Crippen LogP contribution in [0.4, 0.5) is 0 Å². The molecule has 0 amide bonds. The van der Waals surface area contributed by atoms with Gasteiger partial charge in [-0.15, -0.1) is 0 Å². The van der Waals surface area contributed by atoms with E-state index in [0.29, 0.717) is 26.1 Å². The molecule has 2 atom stereocenters. The fourth-order valence-electron chi connectivity index (χ4n) is 3.85. The van der Waals surface area contributed by atoms with E-state index in [1.165, 1.54) is 0 Å². The van der Waals surface area contributed by atoms with Crippen molar-refractivity contribution >= 4 is 0 Å². The van der Waals surface area contributed by atoms with Crippen LogP contribution in [0.5, 0.6) is 0 Å². The summed E-state index contributed by atoms with van der Waals surface area (Å²) in [6, 6.07) is 10.9. The highest BCUT2D eigenvalue weighted by Gasteiger charge is 2.46. The lowest BCUT2D eigenvalue weighted by atomic mass is 9.77. The first-order valence-electron chi connectivity index (χ1n) is 7.72. The third-order valence-electron chi connectivity index (χ3n) is 5.19. The van der Waals surface area contributed by atoms with Crippen molar-refractivity contribution in [3.8, 4) is 6.07 Å². The number of morpholine rings is 1. The van der Waals surface area contributed by atoms with Crippen molar-refractivity contribution in [1.29, 1.82) is 5.26 Å². The molecular formula is C17H20N2O2. The zero-order chi connectivity index (χ0) is 14.5. The predicted octanol–water partition coefficient (Wildman–Crippen LogP) is 1.58. The van der Waals surface area contributed by atoms with Gasteiger partial charge >= 0.3 is 0 Å². The zero-order valence-corrected chi connectivity index (χ0v) is 12.0. The lowest BCUT2D eigenvalue weighted by Crippen LogP contribution is -2.58. The smallest absolute Gasteiger partial charge is 0.0928 e. The van der Waals surface area contributed by atoms with Crippen LogP contribution >= 0.6 is 0 Å². The molecule has 1 aliphatic carbocycles. The predicted molar refractivity (Wildman–Crippen MR) is 77.6 cm³/mol. The van der Waals surface area contributed by atoms with Gasteiger partial charge in [0.15, 0.2) is 0 Å². The van der Waals surface area contributed by atoms with E-state index in [1.807, 2.05) is 18.2 Å². The summed E-state index contributed by atoms with van der Waals surface area (Å²) in [5, 5.41) is 24.0. The molecule has 0 spiro atoms. The minimum absolute atomic E-state index is 0.219. The largest absolute Gasteiger partial charge is 0.385 e. The third kappa shape index (κ3) is 2.17. The van der Waals surface area contributed by atoms with E-state index < -0.39 is 5.60 Å². The number of rotatable bonds is 2. The van der Waals surface area contributed by atoms with Crippen molar-refractivity contribution in [1.82, 2.24) is 5.32 Å². The second kappa shape index (κ2) is 4.54. The van der Waals surface area contributed by atoms with Crippen molar-refractivity contribution < 1.29 is 9.84 Å². The van der Waals surface area contributed by atoms with Crippen LogP contribution in [0.25, 0.3) is 0 Å². The Bertz CT molecular complexity index is 591. The maximum atomic E-state index is 11.2. The Labute approximate surface area is 124 Å². The Morgan fingerprint density at radius 3 is 2.48 bits per heavy atom. The molecule has 2 heterocycles. The molecule has 4 rings (SSSR count). The van der Waals surface area contributed by atoms with Gasteiger partial charge in [0.2, 0.25) is 0 Å². The minimum atomic E-state index is -0.800. The maximum Gasteiger partial charge on any atom is 0.0928 e. The van der Waals surface area contributed by atoms with Gasteiger partial charge in [-0.25, -0.2) is 0 Å². The molecule has 2 unspecified atom stereocenters. The van der Waals surface area contributed by atoms with Crippen LogP contribution in [-0.4, -0.2) is 30.4 Å². The lowest BCUT2D eigenvalue weighted by molar-refractivity contribution is -0.0802. The molecule has 1 aromatic rings. The van der Waals surface area contributed by atoms with E-state index >= 15 is 0 Å². The molecule has 2 saturated heterocycles. The highest BCUT2D eigenvalue weighted by molar-refractivity contribution is 5.42. The molecule has 1 saturated carbocycles. The Hall–Kier alpha value is -1.41. The SMILES string of the molecule is N#CC1(c2cccc(C3(O)CC4COCC(C3)N4)c2)CC1. The number of hydrogen-bond donors (Lipinski definition) is 2. The van der Waals surface area contributed by atoms with Gasteiger partial charge in [-0.2, -0.15) is 5.26 Å². The van der Waals surface area contributed by atoms with Crippen LogP contribution in [0.3, 0.4) is 0 Å². The van der Waals surface area contributed by atoms with E-state index in [4.69, 9.17) is 4.74 Å². The Balaban J connectivity index is 1.67. The number of nitriles is 1. The summed E-state index contributed by atoms with van der Waals surface area (Å²) < 4.78 is 5.55. The number of ether oxygens (including phenoxy) is 1. The molecule has 4 nitrogen and oxygen atoms in total. The summed E-state index contributed by atoms with van der Waals surface area (Å²) in [4.78, 5) is 0. The maximum absolute atomic E-state index is 11.2. The summed E-state index contributed by atoms with van der Waals surface area (Å²) in [5.41, 5.74) is 0.931. The standard InChI is InChI=1S/C17H20N2O2/c18-11-16(4-5-16)12-2-1-3-13(6-12)17(20)7-14-9-21-10-15(8-17)19-14/h1-3,6,14-15,19-20H,4-5,7-10H2. The average molecular weight is 284 g/mol. The van der Waals surface area contributed by atoms with E-state index in [2.05, 4.69) is 17.5 Å². The van der Waals surface area contributed by atoms with E-state index in [0.717, 1.165) is 24.0 Å². The van der Waals surface area contributed by atoms with Crippen molar-refractivity contribution in [3.63, 3.8) is 0 Å². The molecule has 0 aromatic heterocycles. The quantitative estimate of drug-likeness (QED) is 0.865. The fraction of sp³-hybridized carbons (Fsp3) is 0.588. The second-order valence-electron chi connectivity index (χ2n) is 6.81. The van der Waals surface area contributed by atoms with Crippen molar-refractivity contribution in [2.45, 2.75) is 48.8 Å². The van der Waals surface area contributed by atoms with Gasteiger partial charge in [-0.1, -0.05) is 24.3 Å². The van der Waals surface area contributed by atoms with Gasteiger partial charge in [0, 0.05) is 12.1 Å². The topological polar surface area (TPSA) is 65.3 Å². The average Bonchev–Trinajstić information content (AvgIpc) is 3.28. The molecule has 1 aromatic carbocycles. The van der Waals surface area contributed by atoms with Crippen LogP contribution in [-0.2, 0) is 15.8 Å². The molecule has 3 aliphatic rings. The van der Waals surface area contributed by atoms with Crippen LogP contribution in [0.2, 0.25) is 0 Å². The van der Waals surface area contributed by atoms with Gasteiger partial charge in [0.25, 0.3) is 0 Å². The highest BCUT2D eigenvalue weighted by atomic mass is 16.5. The molecular weight excluding hydrogens is 264 g/mol. The number of nitrogens with one attached hydrogen (secondary N) is 1. The number of aliphatic hydroxyl groups is 1. The number of piperidine rings is 1.